The Labute approximate surface area is 122 Å². The summed E-state index contributed by atoms with van der Waals surface area (Å²) >= 11 is 1.71. The maximum Gasteiger partial charge on any atom is 0.240 e. The summed E-state index contributed by atoms with van der Waals surface area (Å²) in [5, 5.41) is 10.4. The summed E-state index contributed by atoms with van der Waals surface area (Å²) in [6, 6.07) is 9.00. The molecule has 7 heteroatoms. The molecular formula is C13H17N3O2S2. The molecule has 1 aromatic heterocycles. The van der Waals surface area contributed by atoms with Gasteiger partial charge in [0, 0.05) is 23.0 Å². The molecule has 0 saturated heterocycles. The molecule has 0 saturated carbocycles. The van der Waals surface area contributed by atoms with Crippen LogP contribution in [0.15, 0.2) is 40.6 Å². The third-order valence-electron chi connectivity index (χ3n) is 2.82. The van der Waals surface area contributed by atoms with E-state index in [0.29, 0.717) is 0 Å². The molecule has 20 heavy (non-hydrogen) atoms. The molecule has 5 N–H and O–H groups in total. The molecule has 1 heterocycles. The molecule has 0 fully saturated rings. The van der Waals surface area contributed by atoms with Gasteiger partial charge in [-0.1, -0.05) is 6.07 Å². The number of primary sulfonamides is 1. The van der Waals surface area contributed by atoms with E-state index in [1.807, 2.05) is 11.4 Å². The van der Waals surface area contributed by atoms with Crippen LogP contribution in [0, 0.1) is 0 Å². The van der Waals surface area contributed by atoms with Crippen LogP contribution in [0.2, 0.25) is 0 Å². The van der Waals surface area contributed by atoms with Crippen molar-refractivity contribution >= 4 is 32.7 Å². The number of nitrogens with two attached hydrogens (primary N) is 2. The van der Waals surface area contributed by atoms with Gasteiger partial charge in [-0.05, 0) is 36.6 Å². The maximum atomic E-state index is 11.3. The van der Waals surface area contributed by atoms with Crippen molar-refractivity contribution in [3.8, 4) is 0 Å². The van der Waals surface area contributed by atoms with Gasteiger partial charge in [0.15, 0.2) is 0 Å². The molecular weight excluding hydrogens is 294 g/mol. The Morgan fingerprint density at radius 1 is 1.35 bits per heavy atom. The molecule has 0 aliphatic rings. The Morgan fingerprint density at radius 3 is 2.65 bits per heavy atom. The number of sulfonamides is 1. The summed E-state index contributed by atoms with van der Waals surface area (Å²) in [6.45, 7) is 2.06. The number of rotatable bonds is 5. The predicted octanol–water partition coefficient (Wildman–Crippen LogP) is 2.02. The van der Waals surface area contributed by atoms with Crippen LogP contribution in [0.5, 0.6) is 0 Å². The Balaban J connectivity index is 2.09. The molecule has 2 rings (SSSR count). The van der Waals surface area contributed by atoms with E-state index in [9.17, 15) is 8.42 Å². The minimum Gasteiger partial charge on any atom is -0.398 e. The second-order valence-electron chi connectivity index (χ2n) is 4.63. The van der Waals surface area contributed by atoms with Crippen molar-refractivity contribution in [3.63, 3.8) is 0 Å². The van der Waals surface area contributed by atoms with E-state index in [1.54, 1.807) is 23.5 Å². The van der Waals surface area contributed by atoms with E-state index in [1.165, 1.54) is 10.9 Å². The topological polar surface area (TPSA) is 98.2 Å². The number of thiophene rings is 1. The molecule has 0 bridgehead atoms. The van der Waals surface area contributed by atoms with Crippen LogP contribution in [0.4, 0.5) is 11.4 Å². The standard InChI is InChI=1S/C13H17N3O2S2/c1-9(7-11-3-2-6-19-11)16-10-4-5-13(12(14)8-10)20(15,17)18/h2-6,8-9,16H,7,14H2,1H3,(H2,15,17,18). The van der Waals surface area contributed by atoms with Crippen LogP contribution in [-0.4, -0.2) is 14.5 Å². The number of benzene rings is 1. The molecule has 0 amide bonds. The van der Waals surface area contributed by atoms with Gasteiger partial charge in [-0.25, -0.2) is 13.6 Å². The Morgan fingerprint density at radius 2 is 2.10 bits per heavy atom. The lowest BCUT2D eigenvalue weighted by Gasteiger charge is -2.15. The molecule has 1 aromatic carbocycles. The van der Waals surface area contributed by atoms with Gasteiger partial charge in [-0.3, -0.25) is 0 Å². The van der Waals surface area contributed by atoms with Crippen molar-refractivity contribution in [2.75, 3.05) is 11.1 Å². The fourth-order valence-electron chi connectivity index (χ4n) is 1.96. The average molecular weight is 311 g/mol. The highest BCUT2D eigenvalue weighted by Gasteiger charge is 2.13. The first-order valence-electron chi connectivity index (χ1n) is 6.07. The molecule has 1 atom stereocenters. The van der Waals surface area contributed by atoms with E-state index < -0.39 is 10.0 Å². The molecule has 0 radical (unpaired) electrons. The highest BCUT2D eigenvalue weighted by atomic mass is 32.2. The summed E-state index contributed by atoms with van der Waals surface area (Å²) in [6.07, 6.45) is 0.897. The lowest BCUT2D eigenvalue weighted by atomic mass is 10.2. The maximum absolute atomic E-state index is 11.3. The van der Waals surface area contributed by atoms with Gasteiger partial charge in [0.25, 0.3) is 0 Å². The molecule has 108 valence electrons. The van der Waals surface area contributed by atoms with Gasteiger partial charge < -0.3 is 11.1 Å². The second kappa shape index (κ2) is 5.82. The quantitative estimate of drug-likeness (QED) is 0.736. The first kappa shape index (κ1) is 14.8. The highest BCUT2D eigenvalue weighted by molar-refractivity contribution is 7.89. The molecule has 0 spiro atoms. The summed E-state index contributed by atoms with van der Waals surface area (Å²) in [4.78, 5) is 1.24. The Bertz CT molecular complexity index is 682. The van der Waals surface area contributed by atoms with E-state index in [4.69, 9.17) is 10.9 Å². The van der Waals surface area contributed by atoms with E-state index in [0.717, 1.165) is 12.1 Å². The zero-order valence-corrected chi connectivity index (χ0v) is 12.7. The van der Waals surface area contributed by atoms with Crippen LogP contribution in [-0.2, 0) is 16.4 Å². The molecule has 0 aliphatic carbocycles. The van der Waals surface area contributed by atoms with Gasteiger partial charge in [-0.2, -0.15) is 0 Å². The van der Waals surface area contributed by atoms with Crippen molar-refractivity contribution in [2.24, 2.45) is 5.14 Å². The summed E-state index contributed by atoms with van der Waals surface area (Å²) in [7, 11) is -3.77. The number of hydrogen-bond acceptors (Lipinski definition) is 5. The third-order valence-corrected chi connectivity index (χ3v) is 4.70. The van der Waals surface area contributed by atoms with Crippen LogP contribution in [0.3, 0.4) is 0 Å². The minimum atomic E-state index is -3.77. The molecule has 1 unspecified atom stereocenters. The molecule has 5 nitrogen and oxygen atoms in total. The normalized spacial score (nSPS) is 13.1. The first-order valence-corrected chi connectivity index (χ1v) is 8.50. The van der Waals surface area contributed by atoms with Gasteiger partial charge in [0.2, 0.25) is 10.0 Å². The molecule has 0 aliphatic heterocycles. The SMILES string of the molecule is CC(Cc1cccs1)Nc1ccc(S(N)(=O)=O)c(N)c1. The lowest BCUT2D eigenvalue weighted by molar-refractivity contribution is 0.598. The third kappa shape index (κ3) is 3.72. The lowest BCUT2D eigenvalue weighted by Crippen LogP contribution is -2.18. The summed E-state index contributed by atoms with van der Waals surface area (Å²) < 4.78 is 22.6. The van der Waals surface area contributed by atoms with Crippen LogP contribution in [0.1, 0.15) is 11.8 Å². The van der Waals surface area contributed by atoms with Gasteiger partial charge in [0.1, 0.15) is 4.90 Å². The van der Waals surface area contributed by atoms with Gasteiger partial charge >= 0.3 is 0 Å². The van der Waals surface area contributed by atoms with Crippen LogP contribution < -0.4 is 16.2 Å². The monoisotopic (exact) mass is 311 g/mol. The zero-order valence-electron chi connectivity index (χ0n) is 11.0. The number of anilines is 2. The van der Waals surface area contributed by atoms with E-state index in [-0.39, 0.29) is 16.6 Å². The van der Waals surface area contributed by atoms with Crippen molar-refractivity contribution in [1.29, 1.82) is 0 Å². The minimum absolute atomic E-state index is 0.0473. The summed E-state index contributed by atoms with van der Waals surface area (Å²) in [5.41, 5.74) is 6.65. The van der Waals surface area contributed by atoms with Crippen molar-refractivity contribution in [3.05, 3.63) is 40.6 Å². The Hall–Kier alpha value is -1.57. The smallest absolute Gasteiger partial charge is 0.240 e. The number of hydrogen-bond donors (Lipinski definition) is 3. The molecule has 2 aromatic rings. The van der Waals surface area contributed by atoms with Crippen molar-refractivity contribution < 1.29 is 8.42 Å². The largest absolute Gasteiger partial charge is 0.398 e. The van der Waals surface area contributed by atoms with Crippen molar-refractivity contribution in [1.82, 2.24) is 0 Å². The van der Waals surface area contributed by atoms with Gasteiger partial charge in [-0.15, -0.1) is 11.3 Å². The second-order valence-corrected chi connectivity index (χ2v) is 7.19. The number of nitrogens with one attached hydrogen (secondary N) is 1. The first-order chi connectivity index (χ1) is 9.36. The van der Waals surface area contributed by atoms with Crippen molar-refractivity contribution in [2.45, 2.75) is 24.3 Å². The average Bonchev–Trinajstić information content (AvgIpc) is 2.79. The van der Waals surface area contributed by atoms with E-state index in [2.05, 4.69) is 18.3 Å². The fraction of sp³-hybridized carbons (Fsp3) is 0.231. The predicted molar refractivity (Wildman–Crippen MR) is 83.3 cm³/mol. The number of nitrogen functional groups attached to an aromatic ring is 1. The van der Waals surface area contributed by atoms with Crippen LogP contribution >= 0.6 is 11.3 Å². The summed E-state index contributed by atoms with van der Waals surface area (Å²) in [5.74, 6) is 0. The van der Waals surface area contributed by atoms with Crippen LogP contribution in [0.25, 0.3) is 0 Å². The van der Waals surface area contributed by atoms with Gasteiger partial charge in [0.05, 0.1) is 5.69 Å². The highest BCUT2D eigenvalue weighted by Crippen LogP contribution is 2.22. The van der Waals surface area contributed by atoms with E-state index >= 15 is 0 Å². The Kier molecular flexibility index (Phi) is 4.32. The fourth-order valence-corrected chi connectivity index (χ4v) is 3.44. The zero-order chi connectivity index (χ0) is 14.8.